The first-order chi connectivity index (χ1) is 10.8. The number of H-pyrrole nitrogens is 1. The number of aromatic nitrogens is 3. The number of carbonyl (C=O) groups excluding carboxylic acids is 1. The van der Waals surface area contributed by atoms with Crippen molar-refractivity contribution in [3.63, 3.8) is 0 Å². The fourth-order valence-corrected chi connectivity index (χ4v) is 2.34. The van der Waals surface area contributed by atoms with E-state index in [1.807, 2.05) is 24.3 Å². The third kappa shape index (κ3) is 2.90. The Hall–Kier alpha value is -2.89. The number of hydrogen-bond donors (Lipinski definition) is 2. The van der Waals surface area contributed by atoms with Crippen molar-refractivity contribution in [1.82, 2.24) is 19.9 Å². The van der Waals surface area contributed by atoms with E-state index in [1.54, 1.807) is 12.4 Å². The van der Waals surface area contributed by atoms with Gasteiger partial charge in [0.25, 0.3) is 11.5 Å². The van der Waals surface area contributed by atoms with Gasteiger partial charge in [-0.2, -0.15) is 0 Å². The number of imidazole rings is 1. The van der Waals surface area contributed by atoms with Crippen LogP contribution in [0.3, 0.4) is 0 Å². The molecule has 22 heavy (non-hydrogen) atoms. The standard InChI is InChI=1S/C16H16N4O2/c21-15-12(5-3-8-17-15)16(22)18-9-4-10-20-11-19-13-6-1-2-7-14(13)20/h1-3,5-8,11H,4,9-10H2,(H,17,21)(H,18,22). The molecule has 0 saturated carbocycles. The summed E-state index contributed by atoms with van der Waals surface area (Å²) in [6.07, 6.45) is 4.06. The molecule has 0 spiro atoms. The molecule has 0 aliphatic heterocycles. The number of aromatic amines is 1. The van der Waals surface area contributed by atoms with Gasteiger partial charge in [-0.15, -0.1) is 0 Å². The number of pyridine rings is 1. The van der Waals surface area contributed by atoms with E-state index in [0.717, 1.165) is 24.0 Å². The molecule has 1 amide bonds. The second kappa shape index (κ2) is 6.26. The molecule has 0 radical (unpaired) electrons. The number of carbonyl (C=O) groups is 1. The zero-order chi connectivity index (χ0) is 15.4. The van der Waals surface area contributed by atoms with Crippen LogP contribution in [0, 0.1) is 0 Å². The summed E-state index contributed by atoms with van der Waals surface area (Å²) in [7, 11) is 0. The van der Waals surface area contributed by atoms with Crippen LogP contribution in [0.15, 0.2) is 53.7 Å². The molecule has 2 heterocycles. The number of para-hydroxylation sites is 2. The fourth-order valence-electron chi connectivity index (χ4n) is 2.34. The van der Waals surface area contributed by atoms with Crippen LogP contribution in [-0.4, -0.2) is 27.0 Å². The molecule has 3 aromatic rings. The van der Waals surface area contributed by atoms with Crippen molar-refractivity contribution < 1.29 is 4.79 Å². The van der Waals surface area contributed by atoms with Crippen molar-refractivity contribution in [1.29, 1.82) is 0 Å². The first kappa shape index (κ1) is 14.1. The summed E-state index contributed by atoms with van der Waals surface area (Å²) >= 11 is 0. The zero-order valence-electron chi connectivity index (χ0n) is 12.0. The monoisotopic (exact) mass is 296 g/mol. The van der Waals surface area contributed by atoms with Crippen LogP contribution in [0.4, 0.5) is 0 Å². The van der Waals surface area contributed by atoms with Crippen molar-refractivity contribution in [3.8, 4) is 0 Å². The number of amides is 1. The summed E-state index contributed by atoms with van der Waals surface area (Å²) in [6.45, 7) is 1.26. The Bertz CT molecular complexity index is 850. The van der Waals surface area contributed by atoms with Gasteiger partial charge in [-0.3, -0.25) is 9.59 Å². The number of benzene rings is 1. The molecule has 0 aliphatic rings. The second-order valence-corrected chi connectivity index (χ2v) is 4.95. The third-order valence-corrected chi connectivity index (χ3v) is 3.45. The molecule has 3 rings (SSSR count). The zero-order valence-corrected chi connectivity index (χ0v) is 12.0. The smallest absolute Gasteiger partial charge is 0.260 e. The van der Waals surface area contributed by atoms with Crippen molar-refractivity contribution >= 4 is 16.9 Å². The minimum absolute atomic E-state index is 0.135. The van der Waals surface area contributed by atoms with Gasteiger partial charge in [0.15, 0.2) is 0 Å². The molecule has 6 heteroatoms. The van der Waals surface area contributed by atoms with Crippen LogP contribution >= 0.6 is 0 Å². The van der Waals surface area contributed by atoms with Gasteiger partial charge in [-0.25, -0.2) is 4.98 Å². The summed E-state index contributed by atoms with van der Waals surface area (Å²) in [5.74, 6) is -0.350. The van der Waals surface area contributed by atoms with E-state index in [9.17, 15) is 9.59 Å². The van der Waals surface area contributed by atoms with Crippen LogP contribution in [0.2, 0.25) is 0 Å². The number of rotatable bonds is 5. The lowest BCUT2D eigenvalue weighted by Crippen LogP contribution is -2.30. The minimum atomic E-state index is -0.374. The lowest BCUT2D eigenvalue weighted by atomic mass is 10.2. The maximum absolute atomic E-state index is 11.9. The van der Waals surface area contributed by atoms with Gasteiger partial charge in [0.1, 0.15) is 5.56 Å². The predicted octanol–water partition coefficient (Wildman–Crippen LogP) is 1.54. The van der Waals surface area contributed by atoms with Crippen molar-refractivity contribution in [2.45, 2.75) is 13.0 Å². The SMILES string of the molecule is O=C(NCCCn1cnc2ccccc21)c1ccc[nH]c1=O. The summed E-state index contributed by atoms with van der Waals surface area (Å²) in [5.41, 5.74) is 1.80. The van der Waals surface area contributed by atoms with Crippen molar-refractivity contribution in [2.24, 2.45) is 0 Å². The molecule has 0 atom stereocenters. The topological polar surface area (TPSA) is 79.8 Å². The van der Waals surface area contributed by atoms with Gasteiger partial charge >= 0.3 is 0 Å². The van der Waals surface area contributed by atoms with Crippen LogP contribution < -0.4 is 10.9 Å². The van der Waals surface area contributed by atoms with E-state index in [0.29, 0.717) is 6.54 Å². The first-order valence-corrected chi connectivity index (χ1v) is 7.11. The molecule has 0 saturated heterocycles. The van der Waals surface area contributed by atoms with Gasteiger partial charge in [0, 0.05) is 19.3 Å². The number of fused-ring (bicyclic) bond motifs is 1. The molecule has 0 bridgehead atoms. The Labute approximate surface area is 126 Å². The van der Waals surface area contributed by atoms with Gasteiger partial charge in [-0.1, -0.05) is 12.1 Å². The normalized spacial score (nSPS) is 10.7. The fraction of sp³-hybridized carbons (Fsp3) is 0.188. The average Bonchev–Trinajstić information content (AvgIpc) is 2.95. The van der Waals surface area contributed by atoms with E-state index in [1.165, 1.54) is 12.3 Å². The summed E-state index contributed by atoms with van der Waals surface area (Å²) < 4.78 is 2.05. The van der Waals surface area contributed by atoms with Crippen molar-refractivity contribution in [3.05, 3.63) is 64.8 Å². The van der Waals surface area contributed by atoms with Crippen LogP contribution in [-0.2, 0) is 6.54 Å². The molecule has 2 aromatic heterocycles. The number of nitrogens with one attached hydrogen (secondary N) is 2. The molecule has 0 unspecified atom stereocenters. The van der Waals surface area contributed by atoms with Crippen LogP contribution in [0.1, 0.15) is 16.8 Å². The Morgan fingerprint density at radius 2 is 2.09 bits per heavy atom. The maximum atomic E-state index is 11.9. The van der Waals surface area contributed by atoms with E-state index in [4.69, 9.17) is 0 Å². The second-order valence-electron chi connectivity index (χ2n) is 4.95. The van der Waals surface area contributed by atoms with Crippen LogP contribution in [0.5, 0.6) is 0 Å². The van der Waals surface area contributed by atoms with Crippen molar-refractivity contribution in [2.75, 3.05) is 6.54 Å². The highest BCUT2D eigenvalue weighted by Crippen LogP contribution is 2.11. The quantitative estimate of drug-likeness (QED) is 0.701. The first-order valence-electron chi connectivity index (χ1n) is 7.11. The lowest BCUT2D eigenvalue weighted by Gasteiger charge is -2.06. The number of nitrogens with zero attached hydrogens (tertiary/aromatic N) is 2. The van der Waals surface area contributed by atoms with Gasteiger partial charge in [-0.05, 0) is 30.7 Å². The minimum Gasteiger partial charge on any atom is -0.352 e. The number of hydrogen-bond acceptors (Lipinski definition) is 3. The van der Waals surface area contributed by atoms with Gasteiger partial charge < -0.3 is 14.9 Å². The van der Waals surface area contributed by atoms with E-state index in [-0.39, 0.29) is 17.0 Å². The molecule has 112 valence electrons. The molecule has 1 aromatic carbocycles. The largest absolute Gasteiger partial charge is 0.352 e. The van der Waals surface area contributed by atoms with Gasteiger partial charge in [0.2, 0.25) is 0 Å². The average molecular weight is 296 g/mol. The van der Waals surface area contributed by atoms with Gasteiger partial charge in [0.05, 0.1) is 17.4 Å². The van der Waals surface area contributed by atoms with E-state index >= 15 is 0 Å². The lowest BCUT2D eigenvalue weighted by molar-refractivity contribution is 0.0951. The molecule has 0 aliphatic carbocycles. The molecule has 0 fully saturated rings. The molecule has 2 N–H and O–H groups in total. The molecular weight excluding hydrogens is 280 g/mol. The third-order valence-electron chi connectivity index (χ3n) is 3.45. The highest BCUT2D eigenvalue weighted by molar-refractivity contribution is 5.93. The molecular formula is C16H16N4O2. The highest BCUT2D eigenvalue weighted by Gasteiger charge is 2.08. The Morgan fingerprint density at radius 3 is 2.95 bits per heavy atom. The summed E-state index contributed by atoms with van der Waals surface area (Å²) in [6, 6.07) is 11.1. The van der Waals surface area contributed by atoms with E-state index < -0.39 is 0 Å². The summed E-state index contributed by atoms with van der Waals surface area (Å²) in [4.78, 5) is 30.2. The predicted molar refractivity (Wildman–Crippen MR) is 83.7 cm³/mol. The summed E-state index contributed by atoms with van der Waals surface area (Å²) in [5, 5.41) is 2.76. The molecule has 6 nitrogen and oxygen atoms in total. The van der Waals surface area contributed by atoms with Crippen LogP contribution in [0.25, 0.3) is 11.0 Å². The Morgan fingerprint density at radius 1 is 1.23 bits per heavy atom. The highest BCUT2D eigenvalue weighted by atomic mass is 16.2. The number of aryl methyl sites for hydroxylation is 1. The maximum Gasteiger partial charge on any atom is 0.260 e. The Kier molecular flexibility index (Phi) is 4.00. The van der Waals surface area contributed by atoms with E-state index in [2.05, 4.69) is 19.9 Å². The Balaban J connectivity index is 1.55.